The Morgan fingerprint density at radius 2 is 0.820 bits per heavy atom. The summed E-state index contributed by atoms with van der Waals surface area (Å²) >= 11 is 12.7. The summed E-state index contributed by atoms with van der Waals surface area (Å²) < 4.78 is 175. The largest absolute Gasteiger partial charge is 0.534 e. The number of hydrogen-bond acceptors (Lipinski definition) is 10. The molecule has 2 N–H and O–H groups in total. The molecule has 0 spiro atoms. The molecule has 0 bridgehead atoms. The second-order valence-electron chi connectivity index (χ2n) is 9.04. The molecule has 0 amide bonds. The first kappa shape index (κ1) is 44.1. The molecule has 0 aromatic heterocycles. The summed E-state index contributed by atoms with van der Waals surface area (Å²) in [7, 11) is -19.4. The highest BCUT2D eigenvalue weighted by Gasteiger charge is 2.57. The Hall–Kier alpha value is -2.10. The number of benzene rings is 4. The lowest BCUT2D eigenvalue weighted by Gasteiger charge is -2.12. The van der Waals surface area contributed by atoms with Crippen LogP contribution >= 0.6 is 63.7 Å². The predicted molar refractivity (Wildman–Crippen MR) is 173 cm³/mol. The van der Waals surface area contributed by atoms with Crippen molar-refractivity contribution < 1.29 is 82.8 Å². The molecular formula is C24H13Br4F9O10S3. The molecular weight excluding hydrogens is 1040 g/mol. The van der Waals surface area contributed by atoms with Gasteiger partial charge < -0.3 is 14.4 Å². The second-order valence-corrected chi connectivity index (χ2v) is 17.3. The summed E-state index contributed by atoms with van der Waals surface area (Å²) in [5, 5.41) is 21.9. The lowest BCUT2D eigenvalue weighted by Crippen LogP contribution is -2.34. The van der Waals surface area contributed by atoms with Crippen molar-refractivity contribution in [2.75, 3.05) is 0 Å². The average molecular weight is 1050 g/mol. The molecule has 50 heavy (non-hydrogen) atoms. The highest BCUT2D eigenvalue weighted by Crippen LogP contribution is 2.37. The third kappa shape index (κ3) is 11.0. The molecule has 26 heteroatoms. The Morgan fingerprint density at radius 3 is 1.20 bits per heavy atom. The maximum atomic E-state index is 12.3. The molecule has 278 valence electrons. The molecule has 4 aromatic rings. The SMILES string of the molecule is Cc1cc2cc(Br)c(OS(=O)(=O)C(F)(F)F)cc2cc1Br.O=S(=O)(OS(=O)(=O)C(F)(F)F)C(F)(F)F.Oc1cc2cc(Br)c(O)cc2cc1Br. The van der Waals surface area contributed by atoms with E-state index in [0.29, 0.717) is 14.3 Å². The number of aryl methyl sites for hydroxylation is 1. The molecule has 0 aliphatic heterocycles. The van der Waals surface area contributed by atoms with E-state index in [9.17, 15) is 75.0 Å². The average Bonchev–Trinajstić information content (AvgIpc) is 2.90. The van der Waals surface area contributed by atoms with E-state index in [-0.39, 0.29) is 16.0 Å². The van der Waals surface area contributed by atoms with E-state index in [4.69, 9.17) is 0 Å². The third-order valence-corrected chi connectivity index (χ3v) is 11.6. The van der Waals surface area contributed by atoms with Crippen LogP contribution in [0, 0.1) is 6.92 Å². The minimum Gasteiger partial charge on any atom is -0.507 e. The molecule has 0 aliphatic rings. The van der Waals surface area contributed by atoms with Gasteiger partial charge in [0.05, 0.1) is 13.4 Å². The van der Waals surface area contributed by atoms with E-state index in [1.807, 2.05) is 16.6 Å². The zero-order chi connectivity index (χ0) is 39.0. The fourth-order valence-corrected chi connectivity index (χ4v) is 6.74. The van der Waals surface area contributed by atoms with Gasteiger partial charge in [-0.2, -0.15) is 64.8 Å². The summed E-state index contributed by atoms with van der Waals surface area (Å²) in [5.74, 6) is -0.0410. The number of phenols is 2. The van der Waals surface area contributed by atoms with Crippen molar-refractivity contribution in [3.63, 3.8) is 0 Å². The smallest absolute Gasteiger partial charge is 0.507 e. The van der Waals surface area contributed by atoms with Crippen molar-refractivity contribution in [1.82, 2.24) is 0 Å². The zero-order valence-electron chi connectivity index (χ0n) is 23.4. The number of aromatic hydroxyl groups is 2. The summed E-state index contributed by atoms with van der Waals surface area (Å²) in [6, 6.07) is 13.0. The fraction of sp³-hybridized carbons (Fsp3) is 0.167. The number of alkyl halides is 9. The van der Waals surface area contributed by atoms with Gasteiger partial charge in [-0.3, -0.25) is 0 Å². The molecule has 0 atom stereocenters. The molecule has 4 aromatic carbocycles. The quantitative estimate of drug-likeness (QED) is 0.115. The first-order chi connectivity index (χ1) is 22.3. The van der Waals surface area contributed by atoms with E-state index in [2.05, 4.69) is 67.9 Å². The van der Waals surface area contributed by atoms with E-state index in [1.54, 1.807) is 30.3 Å². The number of fused-ring (bicyclic) bond motifs is 2. The normalized spacial score (nSPS) is 12.9. The first-order valence-electron chi connectivity index (χ1n) is 11.8. The van der Waals surface area contributed by atoms with Crippen molar-refractivity contribution in [2.45, 2.75) is 23.4 Å². The lowest BCUT2D eigenvalue weighted by molar-refractivity contribution is -0.0586. The van der Waals surface area contributed by atoms with Crippen molar-refractivity contribution >= 4 is 116 Å². The summed E-state index contributed by atoms with van der Waals surface area (Å²) in [6.45, 7) is 1.86. The highest BCUT2D eigenvalue weighted by atomic mass is 79.9. The van der Waals surface area contributed by atoms with Gasteiger partial charge in [0.2, 0.25) is 0 Å². The van der Waals surface area contributed by atoms with Crippen LogP contribution in [0.5, 0.6) is 17.2 Å². The molecule has 4 rings (SSSR count). The van der Waals surface area contributed by atoms with E-state index >= 15 is 0 Å². The zero-order valence-corrected chi connectivity index (χ0v) is 32.2. The van der Waals surface area contributed by atoms with Gasteiger partial charge >= 0.3 is 46.9 Å². The Kier molecular flexibility index (Phi) is 13.6. The van der Waals surface area contributed by atoms with Crippen molar-refractivity contribution in [1.29, 1.82) is 0 Å². The van der Waals surface area contributed by atoms with Crippen LogP contribution in [0.2, 0.25) is 0 Å². The van der Waals surface area contributed by atoms with Crippen LogP contribution in [0.15, 0.2) is 66.4 Å². The van der Waals surface area contributed by atoms with Crippen LogP contribution in [-0.4, -0.2) is 52.0 Å². The Balaban J connectivity index is 0.000000268. The molecule has 0 fully saturated rings. The Bertz CT molecular complexity index is 2130. The molecule has 0 saturated carbocycles. The van der Waals surface area contributed by atoms with Gasteiger partial charge in [-0.1, -0.05) is 22.0 Å². The molecule has 0 unspecified atom stereocenters. The van der Waals surface area contributed by atoms with Crippen molar-refractivity contribution in [3.8, 4) is 17.2 Å². The van der Waals surface area contributed by atoms with Crippen LogP contribution < -0.4 is 4.18 Å². The van der Waals surface area contributed by atoms with E-state index < -0.39 is 52.6 Å². The minimum absolute atomic E-state index is 0.115. The first-order valence-corrected chi connectivity index (χ1v) is 19.2. The molecule has 0 radical (unpaired) electrons. The van der Waals surface area contributed by atoms with Gasteiger partial charge in [-0.05, 0) is 124 Å². The minimum atomic E-state index is -6.85. The Labute approximate surface area is 309 Å². The predicted octanol–water partition coefficient (Wildman–Crippen LogP) is 9.38. The maximum absolute atomic E-state index is 12.3. The van der Waals surface area contributed by atoms with Gasteiger partial charge in [-0.25, -0.2) is 0 Å². The number of phenolic OH excluding ortho intramolecular Hbond substituents is 2. The lowest BCUT2D eigenvalue weighted by atomic mass is 10.1. The third-order valence-electron chi connectivity index (χ3n) is 5.37. The number of hydrogen-bond donors (Lipinski definition) is 2. The van der Waals surface area contributed by atoms with Crippen molar-refractivity contribution in [3.05, 3.63) is 72.0 Å². The molecule has 10 nitrogen and oxygen atoms in total. The van der Waals surface area contributed by atoms with Crippen LogP contribution in [0.25, 0.3) is 21.5 Å². The Morgan fingerprint density at radius 1 is 0.500 bits per heavy atom. The monoisotopic (exact) mass is 1040 g/mol. The maximum Gasteiger partial charge on any atom is 0.534 e. The standard InChI is InChI=1S/C12H7Br2F3O3S.C10H6Br2O2.C2F6O5S2/c1-6-2-7-4-10(14)11(5-8(7)3-9(6)13)20-21(18,19)12(15,16)17;11-7-1-5-3-10(14)8(12)2-6(5)4-9(7)13;3-1(4,5)14(9,10)13-15(11,12)2(6,7)8/h2-5H,1H3;1-4,13-14H;. The molecule has 0 heterocycles. The molecule has 0 saturated heterocycles. The van der Waals surface area contributed by atoms with Crippen LogP contribution in [0.1, 0.15) is 5.56 Å². The van der Waals surface area contributed by atoms with Gasteiger partial charge in [0.25, 0.3) is 0 Å². The topological polar surface area (TPSA) is 161 Å². The fourth-order valence-electron chi connectivity index (χ4n) is 3.08. The van der Waals surface area contributed by atoms with Crippen LogP contribution in [0.3, 0.4) is 0 Å². The van der Waals surface area contributed by atoms with Gasteiger partial charge in [0, 0.05) is 4.47 Å². The highest BCUT2D eigenvalue weighted by molar-refractivity contribution is 9.11. The van der Waals surface area contributed by atoms with E-state index in [0.717, 1.165) is 26.2 Å². The van der Waals surface area contributed by atoms with Crippen LogP contribution in [-0.2, 0) is 34.0 Å². The van der Waals surface area contributed by atoms with Gasteiger partial charge in [0.15, 0.2) is 5.75 Å². The summed E-state index contributed by atoms with van der Waals surface area (Å²) in [4.78, 5) is 0. The summed E-state index contributed by atoms with van der Waals surface area (Å²) in [5.41, 5.74) is -17.1. The van der Waals surface area contributed by atoms with Crippen LogP contribution in [0.4, 0.5) is 39.5 Å². The summed E-state index contributed by atoms with van der Waals surface area (Å²) in [6.07, 6.45) is 0. The number of rotatable bonds is 4. The van der Waals surface area contributed by atoms with Crippen molar-refractivity contribution in [2.24, 2.45) is 0 Å². The van der Waals surface area contributed by atoms with Gasteiger partial charge in [0.1, 0.15) is 11.5 Å². The van der Waals surface area contributed by atoms with E-state index in [1.165, 1.54) is 12.1 Å². The number of halogens is 13. The molecule has 0 aliphatic carbocycles. The second kappa shape index (κ2) is 15.5. The van der Waals surface area contributed by atoms with Gasteiger partial charge in [-0.15, -0.1) is 3.63 Å².